The minimum absolute atomic E-state index is 0.110. The Morgan fingerprint density at radius 2 is 1.87 bits per heavy atom. The van der Waals surface area contributed by atoms with Gasteiger partial charge in [0.05, 0.1) is 32.5 Å². The zero-order valence-electron chi connectivity index (χ0n) is 16.1. The summed E-state index contributed by atoms with van der Waals surface area (Å²) >= 11 is 11.4. The van der Waals surface area contributed by atoms with Crippen molar-refractivity contribution in [2.24, 2.45) is 5.10 Å². The zero-order chi connectivity index (χ0) is 21.8. The molecule has 0 aliphatic heterocycles. The number of nitrogens with one attached hydrogen (secondary N) is 1. The van der Waals surface area contributed by atoms with Crippen LogP contribution in [0.2, 0.25) is 5.02 Å². The molecule has 2 aromatic carbocycles. The van der Waals surface area contributed by atoms with E-state index in [4.69, 9.17) is 38.0 Å². The number of nitro benzene ring substituents is 1. The number of nitro groups is 1. The van der Waals surface area contributed by atoms with E-state index in [9.17, 15) is 10.1 Å². The van der Waals surface area contributed by atoms with Gasteiger partial charge in [-0.2, -0.15) is 14.9 Å². The van der Waals surface area contributed by atoms with Crippen LogP contribution in [0.1, 0.15) is 5.56 Å². The van der Waals surface area contributed by atoms with Crippen LogP contribution >= 0.6 is 23.8 Å². The van der Waals surface area contributed by atoms with Crippen molar-refractivity contribution in [3.05, 3.63) is 55.8 Å². The van der Waals surface area contributed by atoms with Gasteiger partial charge < -0.3 is 14.2 Å². The van der Waals surface area contributed by atoms with E-state index in [0.29, 0.717) is 39.2 Å². The lowest BCUT2D eigenvalue weighted by Gasteiger charge is -2.13. The normalized spacial score (nSPS) is 10.9. The molecule has 0 atom stereocenters. The van der Waals surface area contributed by atoms with Gasteiger partial charge in [0, 0.05) is 28.3 Å². The third kappa shape index (κ3) is 4.11. The lowest BCUT2D eigenvalue weighted by atomic mass is 10.1. The Morgan fingerprint density at radius 3 is 2.43 bits per heavy atom. The van der Waals surface area contributed by atoms with Gasteiger partial charge in [0.15, 0.2) is 17.3 Å². The second-order valence-electron chi connectivity index (χ2n) is 5.79. The van der Waals surface area contributed by atoms with Crippen molar-refractivity contribution in [1.82, 2.24) is 14.9 Å². The molecule has 1 aromatic heterocycles. The van der Waals surface area contributed by atoms with Gasteiger partial charge >= 0.3 is 0 Å². The highest BCUT2D eigenvalue weighted by molar-refractivity contribution is 7.71. The average Bonchev–Trinajstić information content (AvgIpc) is 3.12. The van der Waals surface area contributed by atoms with E-state index in [1.807, 2.05) is 0 Å². The van der Waals surface area contributed by atoms with Crippen molar-refractivity contribution in [3.8, 4) is 28.6 Å². The van der Waals surface area contributed by atoms with Crippen molar-refractivity contribution >= 4 is 35.7 Å². The first-order valence-electron chi connectivity index (χ1n) is 8.35. The molecule has 0 unspecified atom stereocenters. The number of aromatic nitrogens is 3. The average molecular weight is 450 g/mol. The van der Waals surface area contributed by atoms with Gasteiger partial charge in [-0.15, -0.1) is 0 Å². The summed E-state index contributed by atoms with van der Waals surface area (Å²) in [5.41, 5.74) is 0.824. The van der Waals surface area contributed by atoms with E-state index < -0.39 is 4.92 Å². The van der Waals surface area contributed by atoms with Crippen molar-refractivity contribution in [2.45, 2.75) is 0 Å². The Balaban J connectivity index is 2.09. The highest BCUT2D eigenvalue weighted by Gasteiger charge is 2.18. The first-order valence-corrected chi connectivity index (χ1v) is 9.14. The summed E-state index contributed by atoms with van der Waals surface area (Å²) in [6.45, 7) is 0. The number of hydrogen-bond donors (Lipinski definition) is 1. The smallest absolute Gasteiger partial charge is 0.270 e. The van der Waals surface area contributed by atoms with E-state index in [1.54, 1.807) is 12.1 Å². The van der Waals surface area contributed by atoms with Crippen molar-refractivity contribution in [3.63, 3.8) is 0 Å². The molecule has 0 aliphatic carbocycles. The number of hydrogen-bond acceptors (Lipinski definition) is 8. The Hall–Kier alpha value is -3.44. The number of nitrogens with zero attached hydrogens (tertiary/aromatic N) is 4. The summed E-state index contributed by atoms with van der Waals surface area (Å²) in [7, 11) is 4.50. The monoisotopic (exact) mass is 449 g/mol. The number of rotatable bonds is 7. The molecule has 0 aliphatic rings. The van der Waals surface area contributed by atoms with Gasteiger partial charge in [-0.3, -0.25) is 10.1 Å². The molecular weight excluding hydrogens is 434 g/mol. The van der Waals surface area contributed by atoms with E-state index in [0.717, 1.165) is 0 Å². The fraction of sp³-hybridized carbons (Fsp3) is 0.167. The molecule has 156 valence electrons. The van der Waals surface area contributed by atoms with Crippen molar-refractivity contribution in [1.29, 1.82) is 0 Å². The van der Waals surface area contributed by atoms with Crippen LogP contribution in [0.25, 0.3) is 11.4 Å². The SMILES string of the molecule is COc1cc(-c2n[nH]c(=S)n2/N=C\c2cc([N+](=O)[O-])ccc2Cl)cc(OC)c1OC. The molecule has 30 heavy (non-hydrogen) atoms. The molecule has 0 saturated carbocycles. The first-order chi connectivity index (χ1) is 14.4. The Labute approximate surface area is 180 Å². The largest absolute Gasteiger partial charge is 0.493 e. The number of aromatic amines is 1. The predicted molar refractivity (Wildman–Crippen MR) is 114 cm³/mol. The molecule has 0 bridgehead atoms. The summed E-state index contributed by atoms with van der Waals surface area (Å²) in [4.78, 5) is 10.5. The minimum Gasteiger partial charge on any atom is -0.493 e. The van der Waals surface area contributed by atoms with E-state index >= 15 is 0 Å². The molecule has 1 heterocycles. The van der Waals surface area contributed by atoms with Gasteiger partial charge in [0.2, 0.25) is 10.5 Å². The van der Waals surface area contributed by atoms with Crippen LogP contribution in [0.5, 0.6) is 17.2 Å². The second-order valence-corrected chi connectivity index (χ2v) is 6.58. The van der Waals surface area contributed by atoms with Crippen LogP contribution in [-0.4, -0.2) is 47.3 Å². The van der Waals surface area contributed by atoms with Crippen LogP contribution < -0.4 is 14.2 Å². The minimum atomic E-state index is -0.515. The van der Waals surface area contributed by atoms with Crippen LogP contribution in [0.3, 0.4) is 0 Å². The Bertz CT molecular complexity index is 1160. The van der Waals surface area contributed by atoms with Gasteiger partial charge in [-0.05, 0) is 30.4 Å². The predicted octanol–water partition coefficient (Wildman–Crippen LogP) is 4.08. The quantitative estimate of drug-likeness (QED) is 0.250. The van der Waals surface area contributed by atoms with Crippen LogP contribution in [0.15, 0.2) is 35.4 Å². The summed E-state index contributed by atoms with van der Waals surface area (Å²) in [5, 5.41) is 22.5. The molecule has 3 rings (SSSR count). The second kappa shape index (κ2) is 8.93. The third-order valence-corrected chi connectivity index (χ3v) is 4.68. The molecule has 12 heteroatoms. The maximum Gasteiger partial charge on any atom is 0.270 e. The zero-order valence-corrected chi connectivity index (χ0v) is 17.7. The number of ether oxygens (including phenoxy) is 3. The van der Waals surface area contributed by atoms with Gasteiger partial charge in [0.1, 0.15) is 0 Å². The summed E-state index contributed by atoms with van der Waals surface area (Å²) in [6.07, 6.45) is 1.36. The highest BCUT2D eigenvalue weighted by Crippen LogP contribution is 2.40. The van der Waals surface area contributed by atoms with Gasteiger partial charge in [-0.1, -0.05) is 11.6 Å². The lowest BCUT2D eigenvalue weighted by Crippen LogP contribution is -1.99. The van der Waals surface area contributed by atoms with E-state index in [-0.39, 0.29) is 10.5 Å². The Morgan fingerprint density at radius 1 is 1.20 bits per heavy atom. The fourth-order valence-electron chi connectivity index (χ4n) is 2.66. The molecule has 1 N–H and O–H groups in total. The van der Waals surface area contributed by atoms with Crippen LogP contribution in [-0.2, 0) is 0 Å². The number of non-ortho nitro benzene ring substituents is 1. The summed E-state index contributed by atoms with van der Waals surface area (Å²) < 4.78 is 17.6. The molecule has 10 nitrogen and oxygen atoms in total. The van der Waals surface area contributed by atoms with Crippen molar-refractivity contribution < 1.29 is 19.1 Å². The molecule has 0 radical (unpaired) electrons. The van der Waals surface area contributed by atoms with Crippen molar-refractivity contribution in [2.75, 3.05) is 21.3 Å². The van der Waals surface area contributed by atoms with Crippen LogP contribution in [0, 0.1) is 14.9 Å². The molecular formula is C18H16ClN5O5S. The third-order valence-electron chi connectivity index (χ3n) is 4.08. The summed E-state index contributed by atoms with van der Waals surface area (Å²) in [6, 6.07) is 7.44. The molecule has 0 saturated heterocycles. The number of H-pyrrole nitrogens is 1. The topological polar surface area (TPSA) is 117 Å². The Kier molecular flexibility index (Phi) is 6.33. The van der Waals surface area contributed by atoms with Crippen LogP contribution in [0.4, 0.5) is 5.69 Å². The number of benzene rings is 2. The van der Waals surface area contributed by atoms with Gasteiger partial charge in [0.25, 0.3) is 5.69 Å². The first kappa shape index (κ1) is 21.3. The fourth-order valence-corrected chi connectivity index (χ4v) is 3.00. The maximum absolute atomic E-state index is 11.0. The molecule has 0 amide bonds. The lowest BCUT2D eigenvalue weighted by molar-refractivity contribution is -0.384. The number of halogens is 1. The standard InChI is InChI=1S/C18H16ClN5O5S/c1-27-14-7-10(8-15(28-2)16(14)29-3)17-21-22-18(30)23(17)20-9-11-6-12(24(25)26)4-5-13(11)19/h4-9H,1-3H3,(H,22,30)/b20-9-. The maximum atomic E-state index is 11.0. The number of methoxy groups -OCH3 is 3. The molecule has 0 spiro atoms. The summed E-state index contributed by atoms with van der Waals surface area (Å²) in [5.74, 6) is 1.64. The molecule has 0 fully saturated rings. The van der Waals surface area contributed by atoms with E-state index in [2.05, 4.69) is 15.3 Å². The molecule has 3 aromatic rings. The van der Waals surface area contributed by atoms with Gasteiger partial charge in [-0.25, -0.2) is 5.10 Å². The van der Waals surface area contributed by atoms with E-state index in [1.165, 1.54) is 50.4 Å². The highest BCUT2D eigenvalue weighted by atomic mass is 35.5.